The molecule has 1 atom stereocenters. The van der Waals surface area contributed by atoms with Crippen molar-refractivity contribution in [3.63, 3.8) is 0 Å². The second-order valence-electron chi connectivity index (χ2n) is 9.50. The molecule has 9 nitrogen and oxygen atoms in total. The fourth-order valence-electron chi connectivity index (χ4n) is 4.75. The lowest BCUT2D eigenvalue weighted by atomic mass is 10.0. The number of aromatic amines is 1. The van der Waals surface area contributed by atoms with Gasteiger partial charge in [-0.05, 0) is 77.4 Å². The minimum Gasteiger partial charge on any atom is -0.497 e. The summed E-state index contributed by atoms with van der Waals surface area (Å²) >= 11 is 0. The van der Waals surface area contributed by atoms with Crippen molar-refractivity contribution < 1.29 is 9.47 Å². The summed E-state index contributed by atoms with van der Waals surface area (Å²) in [6, 6.07) is 14.0. The number of aromatic nitrogens is 5. The van der Waals surface area contributed by atoms with Crippen LogP contribution in [0.25, 0.3) is 10.9 Å². The molecule has 0 radical (unpaired) electrons. The summed E-state index contributed by atoms with van der Waals surface area (Å²) in [5, 5.41) is 13.5. The Bertz CT molecular complexity index is 1390. The Morgan fingerprint density at radius 2 is 2.00 bits per heavy atom. The Balaban J connectivity index is 1.39. The first-order valence-electron chi connectivity index (χ1n) is 12.3. The van der Waals surface area contributed by atoms with Crippen LogP contribution in [0.15, 0.2) is 47.3 Å². The standard InChI is InChI=1S/C27H32N6O3/c1-18-6-9-21-13-22(27(34)28-26(21)19(18)2)15-32(16-24-5-4-12-36-24)17-25-29-30-31-33(25)14-20-7-10-23(35-3)11-8-20/h6-11,13,24H,4-5,12,14-17H2,1-3H3,(H,28,34)/t24-/m1/s1. The average Bonchev–Trinajstić information content (AvgIpc) is 3.55. The maximum absolute atomic E-state index is 13.1. The minimum atomic E-state index is -0.0636. The predicted molar refractivity (Wildman–Crippen MR) is 137 cm³/mol. The van der Waals surface area contributed by atoms with Gasteiger partial charge in [-0.25, -0.2) is 4.68 Å². The smallest absolute Gasteiger partial charge is 0.252 e. The van der Waals surface area contributed by atoms with Gasteiger partial charge in [0.1, 0.15) is 5.75 Å². The van der Waals surface area contributed by atoms with E-state index in [9.17, 15) is 4.79 Å². The number of aryl methyl sites for hydroxylation is 2. The van der Waals surface area contributed by atoms with E-state index < -0.39 is 0 Å². The zero-order valence-corrected chi connectivity index (χ0v) is 21.0. The van der Waals surface area contributed by atoms with Crippen LogP contribution < -0.4 is 10.3 Å². The highest BCUT2D eigenvalue weighted by atomic mass is 16.5. The molecule has 3 heterocycles. The number of fused-ring (bicyclic) bond motifs is 1. The lowest BCUT2D eigenvalue weighted by Gasteiger charge is -2.24. The Labute approximate surface area is 210 Å². The molecule has 0 bridgehead atoms. The first-order valence-corrected chi connectivity index (χ1v) is 12.3. The first-order chi connectivity index (χ1) is 17.5. The van der Waals surface area contributed by atoms with Gasteiger partial charge in [-0.15, -0.1) is 5.10 Å². The molecule has 1 aliphatic heterocycles. The number of ether oxygens (including phenoxy) is 2. The molecule has 1 aliphatic rings. The summed E-state index contributed by atoms with van der Waals surface area (Å²) in [6.07, 6.45) is 2.21. The number of tetrazole rings is 1. The topological polar surface area (TPSA) is 98.2 Å². The molecule has 2 aromatic heterocycles. The highest BCUT2D eigenvalue weighted by Gasteiger charge is 2.22. The molecular weight excluding hydrogens is 456 g/mol. The van der Waals surface area contributed by atoms with Crippen molar-refractivity contribution in [1.29, 1.82) is 0 Å². The summed E-state index contributed by atoms with van der Waals surface area (Å²) < 4.78 is 13.0. The second-order valence-corrected chi connectivity index (χ2v) is 9.50. The molecule has 36 heavy (non-hydrogen) atoms. The molecule has 5 rings (SSSR count). The van der Waals surface area contributed by atoms with Crippen LogP contribution >= 0.6 is 0 Å². The van der Waals surface area contributed by atoms with Gasteiger partial charge in [-0.1, -0.05) is 24.3 Å². The Kier molecular flexibility index (Phi) is 7.11. The molecule has 2 aromatic carbocycles. The van der Waals surface area contributed by atoms with E-state index in [0.717, 1.165) is 64.2 Å². The van der Waals surface area contributed by atoms with Crippen LogP contribution in [-0.4, -0.2) is 56.5 Å². The highest BCUT2D eigenvalue weighted by molar-refractivity contribution is 5.83. The lowest BCUT2D eigenvalue weighted by Crippen LogP contribution is -2.34. The molecule has 188 valence electrons. The van der Waals surface area contributed by atoms with Gasteiger partial charge < -0.3 is 14.5 Å². The van der Waals surface area contributed by atoms with Crippen LogP contribution in [-0.2, 0) is 24.4 Å². The summed E-state index contributed by atoms with van der Waals surface area (Å²) in [4.78, 5) is 18.4. The van der Waals surface area contributed by atoms with Crippen molar-refractivity contribution in [3.8, 4) is 5.75 Å². The number of benzene rings is 2. The van der Waals surface area contributed by atoms with E-state index >= 15 is 0 Å². The second kappa shape index (κ2) is 10.6. The predicted octanol–water partition coefficient (Wildman–Crippen LogP) is 3.37. The molecule has 0 unspecified atom stereocenters. The zero-order chi connectivity index (χ0) is 25.1. The van der Waals surface area contributed by atoms with E-state index in [1.807, 2.05) is 37.3 Å². The first kappa shape index (κ1) is 24.1. The van der Waals surface area contributed by atoms with E-state index in [-0.39, 0.29) is 11.7 Å². The number of nitrogens with one attached hydrogen (secondary N) is 1. The summed E-state index contributed by atoms with van der Waals surface area (Å²) in [5.41, 5.74) is 4.90. The Morgan fingerprint density at radius 3 is 2.75 bits per heavy atom. The number of methoxy groups -OCH3 is 1. The summed E-state index contributed by atoms with van der Waals surface area (Å²) in [5.74, 6) is 1.55. The van der Waals surface area contributed by atoms with Crippen molar-refractivity contribution in [1.82, 2.24) is 30.1 Å². The van der Waals surface area contributed by atoms with E-state index in [4.69, 9.17) is 9.47 Å². The summed E-state index contributed by atoms with van der Waals surface area (Å²) in [6.45, 7) is 7.12. The van der Waals surface area contributed by atoms with Crippen LogP contribution in [0, 0.1) is 13.8 Å². The van der Waals surface area contributed by atoms with E-state index in [1.54, 1.807) is 11.8 Å². The van der Waals surface area contributed by atoms with Gasteiger partial charge in [-0.3, -0.25) is 9.69 Å². The van der Waals surface area contributed by atoms with E-state index in [1.165, 1.54) is 0 Å². The van der Waals surface area contributed by atoms with Gasteiger partial charge in [0.25, 0.3) is 5.56 Å². The number of H-pyrrole nitrogens is 1. The third kappa shape index (κ3) is 5.32. The van der Waals surface area contributed by atoms with Crippen LogP contribution in [0.4, 0.5) is 0 Å². The van der Waals surface area contributed by atoms with Gasteiger partial charge in [0.05, 0.1) is 31.8 Å². The normalized spacial score (nSPS) is 15.7. The molecule has 0 amide bonds. The molecule has 4 aromatic rings. The van der Waals surface area contributed by atoms with Crippen molar-refractivity contribution in [2.45, 2.75) is 52.4 Å². The third-order valence-corrected chi connectivity index (χ3v) is 6.97. The van der Waals surface area contributed by atoms with Crippen LogP contribution in [0.2, 0.25) is 0 Å². The molecular formula is C27H32N6O3. The maximum Gasteiger partial charge on any atom is 0.252 e. The zero-order valence-electron chi connectivity index (χ0n) is 21.0. The van der Waals surface area contributed by atoms with Gasteiger partial charge >= 0.3 is 0 Å². The molecule has 0 saturated carbocycles. The molecule has 1 fully saturated rings. The fraction of sp³-hybridized carbons (Fsp3) is 0.407. The largest absolute Gasteiger partial charge is 0.497 e. The van der Waals surface area contributed by atoms with E-state index in [2.05, 4.69) is 44.5 Å². The Morgan fingerprint density at radius 1 is 1.17 bits per heavy atom. The van der Waals surface area contributed by atoms with Crippen LogP contribution in [0.5, 0.6) is 5.75 Å². The number of pyridine rings is 1. The lowest BCUT2D eigenvalue weighted by molar-refractivity contribution is 0.0663. The Hall–Kier alpha value is -3.56. The van der Waals surface area contributed by atoms with Crippen molar-refractivity contribution in [2.75, 3.05) is 20.3 Å². The number of rotatable bonds is 9. The van der Waals surface area contributed by atoms with E-state index in [0.29, 0.717) is 26.2 Å². The summed E-state index contributed by atoms with van der Waals surface area (Å²) in [7, 11) is 1.65. The number of nitrogens with zero attached hydrogens (tertiary/aromatic N) is 5. The minimum absolute atomic E-state index is 0.0636. The van der Waals surface area contributed by atoms with Gasteiger partial charge in [0.2, 0.25) is 0 Å². The molecule has 9 heteroatoms. The van der Waals surface area contributed by atoms with Crippen LogP contribution in [0.3, 0.4) is 0 Å². The van der Waals surface area contributed by atoms with Crippen molar-refractivity contribution in [3.05, 3.63) is 80.9 Å². The quantitative estimate of drug-likeness (QED) is 0.386. The third-order valence-electron chi connectivity index (χ3n) is 6.97. The van der Waals surface area contributed by atoms with Crippen LogP contribution in [0.1, 0.15) is 40.9 Å². The maximum atomic E-state index is 13.1. The molecule has 0 spiro atoms. The van der Waals surface area contributed by atoms with Crippen molar-refractivity contribution in [2.24, 2.45) is 0 Å². The monoisotopic (exact) mass is 488 g/mol. The van der Waals surface area contributed by atoms with Gasteiger partial charge in [0.15, 0.2) is 5.82 Å². The average molecular weight is 489 g/mol. The van der Waals surface area contributed by atoms with Gasteiger partial charge in [-0.2, -0.15) is 0 Å². The number of hydrogen-bond donors (Lipinski definition) is 1. The molecule has 1 N–H and O–H groups in total. The SMILES string of the molecule is COc1ccc(Cn2nnnc2CN(Cc2cc3ccc(C)c(C)c3[nH]c2=O)C[C@H]2CCCO2)cc1. The highest BCUT2D eigenvalue weighted by Crippen LogP contribution is 2.21. The molecule has 0 aliphatic carbocycles. The van der Waals surface area contributed by atoms with Crippen molar-refractivity contribution >= 4 is 10.9 Å². The molecule has 1 saturated heterocycles. The fourth-order valence-corrected chi connectivity index (χ4v) is 4.75. The van der Waals surface area contributed by atoms with Gasteiger partial charge in [0, 0.05) is 25.3 Å². The number of hydrogen-bond acceptors (Lipinski definition) is 7.